The van der Waals surface area contributed by atoms with E-state index in [4.69, 9.17) is 0 Å². The molecule has 1 aliphatic rings. The average Bonchev–Trinajstić information content (AvgIpc) is 3.66. The summed E-state index contributed by atoms with van der Waals surface area (Å²) in [5, 5.41) is 14.0. The zero-order chi connectivity index (χ0) is 39.2. The Kier molecular flexibility index (Phi) is 8.72. The lowest BCUT2D eigenvalue weighted by Crippen LogP contribution is -2.74. The summed E-state index contributed by atoms with van der Waals surface area (Å²) in [6, 6.07) is 89.6. The molecule has 0 amide bonds. The van der Waals surface area contributed by atoms with Gasteiger partial charge in [0, 0.05) is 16.5 Å². The highest BCUT2D eigenvalue weighted by Gasteiger charge is 2.44. The van der Waals surface area contributed by atoms with Crippen molar-refractivity contribution >= 4 is 79.4 Å². The van der Waals surface area contributed by atoms with Crippen LogP contribution in [0.1, 0.15) is 11.1 Å². The summed E-state index contributed by atoms with van der Waals surface area (Å²) in [6.45, 7) is 0. The third-order valence-corrected chi connectivity index (χ3v) is 22.4. The molecule has 1 aromatic heterocycles. The van der Waals surface area contributed by atoms with Crippen LogP contribution in [-0.4, -0.2) is 20.7 Å². The van der Waals surface area contributed by atoms with E-state index in [-0.39, 0.29) is 0 Å². The van der Waals surface area contributed by atoms with Crippen molar-refractivity contribution in [3.8, 4) is 5.69 Å². The molecule has 1 nitrogen and oxygen atoms in total. The third-order valence-electron chi connectivity index (χ3n) is 12.9. The quantitative estimate of drug-likeness (QED) is 0.105. The lowest BCUT2D eigenvalue weighted by Gasteiger charge is -2.35. The molecule has 1 aliphatic carbocycles. The van der Waals surface area contributed by atoms with Gasteiger partial charge in [-0.25, -0.2) is 0 Å². The zero-order valence-corrected chi connectivity index (χ0v) is 34.9. The van der Waals surface area contributed by atoms with Gasteiger partial charge in [-0.1, -0.05) is 212 Å². The second-order valence-corrected chi connectivity index (χ2v) is 23.5. The molecular weight excluding hydrogens is 743 g/mol. The largest absolute Gasteiger partial charge is 0.309 e. The van der Waals surface area contributed by atoms with Crippen molar-refractivity contribution in [3.63, 3.8) is 0 Å². The van der Waals surface area contributed by atoms with E-state index in [1.165, 1.54) is 80.1 Å². The number of nitrogens with zero attached hydrogens (tertiary/aromatic N) is 1. The van der Waals surface area contributed by atoms with Crippen LogP contribution in [-0.2, 0) is 12.8 Å². The highest BCUT2D eigenvalue weighted by molar-refractivity contribution is 7.20. The first kappa shape index (κ1) is 35.4. The molecule has 0 unspecified atom stereocenters. The van der Waals surface area contributed by atoms with Crippen LogP contribution in [0, 0.1) is 0 Å². The molecule has 11 rings (SSSR count). The molecule has 0 bridgehead atoms. The van der Waals surface area contributed by atoms with Gasteiger partial charge in [0.15, 0.2) is 16.1 Å². The number of hydrogen-bond donors (Lipinski definition) is 0. The molecule has 0 atom stereocenters. The number of hydrogen-bond acceptors (Lipinski definition) is 0. The summed E-state index contributed by atoms with van der Waals surface area (Å²) in [6.07, 6.45) is 1.99. The number of aryl methyl sites for hydroxylation is 2. The van der Waals surface area contributed by atoms with Crippen LogP contribution in [0.4, 0.5) is 0 Å². The molecule has 0 aliphatic heterocycles. The van der Waals surface area contributed by atoms with Gasteiger partial charge in [0.05, 0.1) is 11.0 Å². The Bertz CT molecular complexity index is 2670. The van der Waals surface area contributed by atoms with E-state index in [2.05, 4.69) is 241 Å². The highest BCUT2D eigenvalue weighted by Crippen LogP contribution is 2.40. The van der Waals surface area contributed by atoms with Crippen molar-refractivity contribution in [2.45, 2.75) is 12.8 Å². The molecule has 0 saturated carbocycles. The van der Waals surface area contributed by atoms with Gasteiger partial charge in [-0.2, -0.15) is 0 Å². The van der Waals surface area contributed by atoms with Crippen LogP contribution in [0.15, 0.2) is 237 Å². The van der Waals surface area contributed by atoms with Crippen LogP contribution in [0.5, 0.6) is 0 Å². The van der Waals surface area contributed by atoms with Crippen LogP contribution < -0.4 is 41.5 Å². The van der Waals surface area contributed by atoms with E-state index in [0.29, 0.717) is 0 Å². The van der Waals surface area contributed by atoms with Gasteiger partial charge in [-0.15, -0.1) is 0 Å². The van der Waals surface area contributed by atoms with Crippen LogP contribution in [0.2, 0.25) is 0 Å². The number of aromatic nitrogens is 1. The molecule has 1 heterocycles. The minimum atomic E-state index is -2.80. The lowest BCUT2D eigenvalue weighted by atomic mass is 9.91. The summed E-state index contributed by atoms with van der Waals surface area (Å²) in [5.74, 6) is 0. The van der Waals surface area contributed by atoms with Crippen molar-refractivity contribution in [1.82, 2.24) is 4.57 Å². The lowest BCUT2D eigenvalue weighted by molar-refractivity contribution is 0.971. The maximum Gasteiger partial charge on any atom is 0.179 e. The van der Waals surface area contributed by atoms with Crippen LogP contribution in [0.25, 0.3) is 27.5 Å². The predicted octanol–water partition coefficient (Wildman–Crippen LogP) is 7.64. The van der Waals surface area contributed by atoms with Crippen LogP contribution in [0.3, 0.4) is 0 Å². The molecule has 280 valence electrons. The molecular formula is C56H43NSi2. The Morgan fingerprint density at radius 2 is 0.525 bits per heavy atom. The van der Waals surface area contributed by atoms with Crippen molar-refractivity contribution in [2.24, 2.45) is 0 Å². The van der Waals surface area contributed by atoms with Crippen molar-refractivity contribution in [2.75, 3.05) is 0 Å². The van der Waals surface area contributed by atoms with E-state index in [9.17, 15) is 0 Å². The molecule has 3 heteroatoms. The third kappa shape index (κ3) is 5.50. The standard InChI is InChI=1S/C56H43NSi2/c1-8-22-44(23-9-1)57-53-40-51(58(45-24-10-2-11-25-45,46-26-12-3-13-27-46)47-28-14-4-15-29-47)38-42-36-37-43-39-52(41-54(57)56(43)55(42)53)59(48-30-16-5-17-31-48,49-32-18-6-19-33-49)50-34-20-7-21-35-50/h1-35,38-41H,36-37H2. The maximum absolute atomic E-state index is 2.80. The Hall–Kier alpha value is -6.79. The fraction of sp³-hybridized carbons (Fsp3) is 0.0357. The second-order valence-electron chi connectivity index (χ2n) is 15.9. The first-order valence-corrected chi connectivity index (χ1v) is 24.8. The van der Waals surface area contributed by atoms with Crippen molar-refractivity contribution in [1.29, 1.82) is 0 Å². The fourth-order valence-electron chi connectivity index (χ4n) is 10.5. The average molecular weight is 786 g/mol. The molecule has 0 saturated heterocycles. The summed E-state index contributed by atoms with van der Waals surface area (Å²) in [7, 11) is -5.59. The summed E-state index contributed by atoms with van der Waals surface area (Å²) < 4.78 is 2.61. The van der Waals surface area contributed by atoms with Crippen molar-refractivity contribution < 1.29 is 0 Å². The van der Waals surface area contributed by atoms with Gasteiger partial charge in [0.1, 0.15) is 0 Å². The van der Waals surface area contributed by atoms with E-state index < -0.39 is 16.1 Å². The highest BCUT2D eigenvalue weighted by atomic mass is 28.3. The van der Waals surface area contributed by atoms with Gasteiger partial charge < -0.3 is 4.57 Å². The monoisotopic (exact) mass is 785 g/mol. The smallest absolute Gasteiger partial charge is 0.179 e. The molecule has 9 aromatic carbocycles. The number of para-hydroxylation sites is 1. The summed E-state index contributed by atoms with van der Waals surface area (Å²) >= 11 is 0. The van der Waals surface area contributed by atoms with E-state index >= 15 is 0 Å². The van der Waals surface area contributed by atoms with E-state index in [0.717, 1.165) is 12.8 Å². The maximum atomic E-state index is 2.62. The van der Waals surface area contributed by atoms with E-state index in [1.807, 2.05) is 0 Å². The van der Waals surface area contributed by atoms with Crippen LogP contribution >= 0.6 is 0 Å². The fourth-order valence-corrected chi connectivity index (χ4v) is 20.2. The zero-order valence-electron chi connectivity index (χ0n) is 32.9. The van der Waals surface area contributed by atoms with Gasteiger partial charge in [-0.3, -0.25) is 0 Å². The topological polar surface area (TPSA) is 4.93 Å². The molecule has 10 aromatic rings. The van der Waals surface area contributed by atoms with Crippen molar-refractivity contribution in [3.05, 3.63) is 248 Å². The second kappa shape index (κ2) is 14.5. The molecule has 0 N–H and O–H groups in total. The normalized spacial score (nSPS) is 12.6. The first-order chi connectivity index (χ1) is 29.3. The van der Waals surface area contributed by atoms with E-state index in [1.54, 1.807) is 0 Å². The minimum Gasteiger partial charge on any atom is -0.309 e. The van der Waals surface area contributed by atoms with Gasteiger partial charge in [0.25, 0.3) is 0 Å². The van der Waals surface area contributed by atoms with Gasteiger partial charge in [0.2, 0.25) is 0 Å². The Morgan fingerprint density at radius 3 is 0.797 bits per heavy atom. The summed E-state index contributed by atoms with van der Waals surface area (Å²) in [5.41, 5.74) is 6.69. The number of benzene rings is 9. The molecule has 59 heavy (non-hydrogen) atoms. The molecule has 0 radical (unpaired) electrons. The Labute approximate surface area is 348 Å². The van der Waals surface area contributed by atoms with Gasteiger partial charge in [-0.05, 0) is 89.7 Å². The Balaban J connectivity index is 1.29. The molecule has 0 fully saturated rings. The van der Waals surface area contributed by atoms with Gasteiger partial charge >= 0.3 is 0 Å². The number of rotatable bonds is 9. The summed E-state index contributed by atoms with van der Waals surface area (Å²) in [4.78, 5) is 0. The minimum absolute atomic E-state index is 0.994. The first-order valence-electron chi connectivity index (χ1n) is 20.8. The predicted molar refractivity (Wildman–Crippen MR) is 255 cm³/mol. The Morgan fingerprint density at radius 1 is 0.271 bits per heavy atom. The SMILES string of the molecule is c1ccc(-n2c3cc([Si](c4ccccc4)(c4ccccc4)c4ccccc4)cc4c3c3c(cc([Si](c5ccccc5)(c5ccccc5)c5ccccc5)cc32)CC4)cc1. The molecule has 0 spiro atoms.